The fourth-order valence-electron chi connectivity index (χ4n) is 3.29. The molecule has 0 saturated heterocycles. The van der Waals surface area contributed by atoms with Crippen molar-refractivity contribution in [2.24, 2.45) is 0 Å². The van der Waals surface area contributed by atoms with Crippen LogP contribution < -0.4 is 14.8 Å². The maximum Gasteiger partial charge on any atom is 0.434 e. The highest BCUT2D eigenvalue weighted by molar-refractivity contribution is 5.95. The van der Waals surface area contributed by atoms with Gasteiger partial charge in [0.2, 0.25) is 0 Å². The molecule has 1 atom stereocenters. The van der Waals surface area contributed by atoms with E-state index in [0.717, 1.165) is 18.3 Å². The number of rotatable bonds is 8. The number of carbonyl (C=O) groups excluding carboxylic acids is 1. The molecule has 0 saturated carbocycles. The van der Waals surface area contributed by atoms with Crippen molar-refractivity contribution < 1.29 is 31.8 Å². The molecule has 3 aromatic rings. The molecule has 0 radical (unpaired) electrons. The van der Waals surface area contributed by atoms with Crippen molar-refractivity contribution in [1.82, 2.24) is 15.1 Å². The van der Waals surface area contributed by atoms with Crippen LogP contribution in [-0.2, 0) is 6.18 Å². The number of hydrogen-bond donors (Lipinski definition) is 1. The van der Waals surface area contributed by atoms with Gasteiger partial charge in [0.25, 0.3) is 5.91 Å². The number of ether oxygens (including phenoxy) is 2. The van der Waals surface area contributed by atoms with Crippen LogP contribution in [-0.4, -0.2) is 28.9 Å². The largest absolute Gasteiger partial charge is 0.490 e. The van der Waals surface area contributed by atoms with Crippen molar-refractivity contribution >= 4 is 5.91 Å². The number of hydrogen-bond acceptors (Lipinski definition) is 4. The minimum absolute atomic E-state index is 0.383. The third-order valence-corrected chi connectivity index (χ3v) is 4.78. The number of nitrogens with zero attached hydrogens (tertiary/aromatic N) is 2. The van der Waals surface area contributed by atoms with Crippen LogP contribution in [0.3, 0.4) is 0 Å². The van der Waals surface area contributed by atoms with Gasteiger partial charge in [0.15, 0.2) is 17.2 Å². The van der Waals surface area contributed by atoms with E-state index in [1.807, 2.05) is 6.92 Å². The minimum atomic E-state index is -4.95. The third kappa shape index (κ3) is 5.27. The van der Waals surface area contributed by atoms with Gasteiger partial charge in [-0.15, -0.1) is 0 Å². The second-order valence-electron chi connectivity index (χ2n) is 7.04. The number of nitrogens with one attached hydrogen (secondary N) is 1. The van der Waals surface area contributed by atoms with E-state index in [9.17, 15) is 22.4 Å². The van der Waals surface area contributed by atoms with E-state index in [2.05, 4.69) is 10.4 Å². The molecule has 0 spiro atoms. The topological polar surface area (TPSA) is 65.4 Å². The first-order valence-corrected chi connectivity index (χ1v) is 10.3. The van der Waals surface area contributed by atoms with Gasteiger partial charge in [0.05, 0.1) is 31.0 Å². The fraction of sp³-hybridized carbons (Fsp3) is 0.304. The van der Waals surface area contributed by atoms with Gasteiger partial charge < -0.3 is 14.8 Å². The molecule has 2 aromatic carbocycles. The van der Waals surface area contributed by atoms with Crippen LogP contribution in [0.2, 0.25) is 0 Å². The second-order valence-corrected chi connectivity index (χ2v) is 7.04. The minimum Gasteiger partial charge on any atom is -0.490 e. The summed E-state index contributed by atoms with van der Waals surface area (Å²) in [7, 11) is 0. The normalized spacial score (nSPS) is 12.3. The van der Waals surface area contributed by atoms with Gasteiger partial charge >= 0.3 is 6.18 Å². The second kappa shape index (κ2) is 9.93. The molecule has 1 heterocycles. The lowest BCUT2D eigenvalue weighted by Gasteiger charge is -2.18. The standard InChI is InChI=1S/C23H23F4N3O3/c1-4-32-19-11-10-15(12-20(19)33-5-2)14(3)29-22(31)16-13-28-30(21(16)23(25,26)27)18-9-7-6-8-17(18)24/h6-14H,4-5H2,1-3H3,(H,29,31). The van der Waals surface area contributed by atoms with Crippen molar-refractivity contribution in [3.05, 3.63) is 71.3 Å². The SMILES string of the molecule is CCOc1ccc(C(C)NC(=O)c2cnn(-c3ccccc3F)c2C(F)(F)F)cc1OCC. The zero-order valence-corrected chi connectivity index (χ0v) is 18.2. The molecule has 6 nitrogen and oxygen atoms in total. The Morgan fingerprint density at radius 2 is 1.76 bits per heavy atom. The zero-order valence-electron chi connectivity index (χ0n) is 18.2. The van der Waals surface area contributed by atoms with Crippen molar-refractivity contribution in [3.63, 3.8) is 0 Å². The lowest BCUT2D eigenvalue weighted by atomic mass is 10.1. The predicted molar refractivity (Wildman–Crippen MR) is 113 cm³/mol. The third-order valence-electron chi connectivity index (χ3n) is 4.78. The summed E-state index contributed by atoms with van der Waals surface area (Å²) in [6.07, 6.45) is -4.17. The highest BCUT2D eigenvalue weighted by Crippen LogP contribution is 2.35. The van der Waals surface area contributed by atoms with E-state index in [4.69, 9.17) is 9.47 Å². The summed E-state index contributed by atoms with van der Waals surface area (Å²) in [5.41, 5.74) is -1.89. The summed E-state index contributed by atoms with van der Waals surface area (Å²) in [6.45, 7) is 6.07. The summed E-state index contributed by atoms with van der Waals surface area (Å²) >= 11 is 0. The lowest BCUT2D eigenvalue weighted by molar-refractivity contribution is -0.143. The summed E-state index contributed by atoms with van der Waals surface area (Å²) in [5, 5.41) is 6.19. The van der Waals surface area contributed by atoms with E-state index in [1.165, 1.54) is 12.1 Å². The van der Waals surface area contributed by atoms with Crippen LogP contribution in [0, 0.1) is 5.82 Å². The number of amides is 1. The first-order chi connectivity index (χ1) is 15.7. The maximum absolute atomic E-state index is 14.1. The summed E-state index contributed by atoms with van der Waals surface area (Å²) < 4.78 is 67.1. The molecule has 176 valence electrons. The molecule has 10 heteroatoms. The Morgan fingerprint density at radius 1 is 1.09 bits per heavy atom. The van der Waals surface area contributed by atoms with E-state index in [-0.39, 0.29) is 0 Å². The quantitative estimate of drug-likeness (QED) is 0.458. The summed E-state index contributed by atoms with van der Waals surface area (Å²) in [4.78, 5) is 12.8. The first kappa shape index (κ1) is 24.1. The van der Waals surface area contributed by atoms with Gasteiger partial charge in [0, 0.05) is 0 Å². The van der Waals surface area contributed by atoms with Gasteiger partial charge in [-0.3, -0.25) is 4.79 Å². The smallest absolute Gasteiger partial charge is 0.434 e. The highest BCUT2D eigenvalue weighted by atomic mass is 19.4. The predicted octanol–water partition coefficient (Wildman–Crippen LogP) is 5.32. The van der Waals surface area contributed by atoms with E-state index < -0.39 is 40.9 Å². The number of halogens is 4. The molecular formula is C23H23F4N3O3. The number of benzene rings is 2. The van der Waals surface area contributed by atoms with E-state index in [1.54, 1.807) is 32.0 Å². The lowest BCUT2D eigenvalue weighted by Crippen LogP contribution is -2.29. The molecule has 33 heavy (non-hydrogen) atoms. The number of para-hydroxylation sites is 1. The van der Waals surface area contributed by atoms with Gasteiger partial charge in [0.1, 0.15) is 11.5 Å². The Labute approximate surface area is 188 Å². The molecule has 1 N–H and O–H groups in total. The van der Waals surface area contributed by atoms with Crippen LogP contribution in [0.1, 0.15) is 48.4 Å². The molecule has 1 aromatic heterocycles. The Kier molecular flexibility index (Phi) is 7.25. The van der Waals surface area contributed by atoms with Crippen molar-refractivity contribution in [1.29, 1.82) is 0 Å². The Hall–Kier alpha value is -3.56. The Bertz CT molecular complexity index is 1130. The van der Waals surface area contributed by atoms with Gasteiger partial charge in [-0.25, -0.2) is 9.07 Å². The number of carbonyl (C=O) groups is 1. The highest BCUT2D eigenvalue weighted by Gasteiger charge is 2.41. The molecular weight excluding hydrogens is 442 g/mol. The molecule has 1 unspecified atom stereocenters. The molecule has 1 amide bonds. The molecule has 0 aliphatic carbocycles. The number of aromatic nitrogens is 2. The monoisotopic (exact) mass is 465 g/mol. The average Bonchev–Trinajstić information content (AvgIpc) is 3.21. The average molecular weight is 465 g/mol. The summed E-state index contributed by atoms with van der Waals surface area (Å²) in [6, 6.07) is 9.24. The molecule has 0 bridgehead atoms. The van der Waals surface area contributed by atoms with Crippen LogP contribution in [0.4, 0.5) is 17.6 Å². The van der Waals surface area contributed by atoms with Gasteiger partial charge in [-0.2, -0.15) is 18.3 Å². The van der Waals surface area contributed by atoms with Crippen molar-refractivity contribution in [3.8, 4) is 17.2 Å². The molecule has 3 rings (SSSR count). The first-order valence-electron chi connectivity index (χ1n) is 10.3. The van der Waals surface area contributed by atoms with Crippen LogP contribution in [0.15, 0.2) is 48.7 Å². The summed E-state index contributed by atoms with van der Waals surface area (Å²) in [5.74, 6) is -0.915. The zero-order chi connectivity index (χ0) is 24.2. The maximum atomic E-state index is 14.1. The Morgan fingerprint density at radius 3 is 2.39 bits per heavy atom. The van der Waals surface area contributed by atoms with Gasteiger partial charge in [-0.05, 0) is 50.6 Å². The fourth-order valence-corrected chi connectivity index (χ4v) is 3.29. The van der Waals surface area contributed by atoms with Crippen LogP contribution in [0.5, 0.6) is 11.5 Å². The molecule has 0 aliphatic rings. The van der Waals surface area contributed by atoms with E-state index in [0.29, 0.717) is 35.0 Å². The van der Waals surface area contributed by atoms with Crippen LogP contribution in [0.25, 0.3) is 5.69 Å². The van der Waals surface area contributed by atoms with Crippen LogP contribution >= 0.6 is 0 Å². The Balaban J connectivity index is 1.92. The number of alkyl halides is 3. The van der Waals surface area contributed by atoms with Gasteiger partial charge in [-0.1, -0.05) is 18.2 Å². The van der Waals surface area contributed by atoms with E-state index >= 15 is 0 Å². The molecule has 0 fully saturated rings. The van der Waals surface area contributed by atoms with Crippen molar-refractivity contribution in [2.45, 2.75) is 33.0 Å². The van der Waals surface area contributed by atoms with Crippen molar-refractivity contribution in [2.75, 3.05) is 13.2 Å². The molecule has 0 aliphatic heterocycles.